The van der Waals surface area contributed by atoms with Gasteiger partial charge in [-0.3, -0.25) is 4.98 Å². The number of benzene rings is 7. The summed E-state index contributed by atoms with van der Waals surface area (Å²) in [6.45, 7) is 0. The Morgan fingerprint density at radius 3 is 1.90 bits per heavy atom. The Labute approximate surface area is 340 Å². The van der Waals surface area contributed by atoms with Gasteiger partial charge in [0.15, 0.2) is 5.82 Å². The second-order valence-corrected chi connectivity index (χ2v) is 15.5. The standard InChI is InChI=1S/C53H33N3OS/c1-2-12-37(13-3-1)47-32-48(38-25-20-34(21-26-38)40-14-10-28-54-33-40)56-53(55-47)39-27-24-36-23-22-35-11-4-5-15-41(35)43-17-7-9-19-51(43)58-52-31-45-42-16-6-8-18-49(42)57-50(45)30-46(52)44(36)29-39/h1-33H/b23-22-. The van der Waals surface area contributed by atoms with Gasteiger partial charge in [0.2, 0.25) is 0 Å². The summed E-state index contributed by atoms with van der Waals surface area (Å²) in [5, 5.41) is 2.20. The molecule has 0 aliphatic carbocycles. The summed E-state index contributed by atoms with van der Waals surface area (Å²) in [4.78, 5) is 17.2. The van der Waals surface area contributed by atoms with Crippen LogP contribution in [0.5, 0.6) is 0 Å². The highest BCUT2D eigenvalue weighted by Crippen LogP contribution is 2.47. The molecule has 4 heterocycles. The molecule has 0 saturated heterocycles. The Morgan fingerprint density at radius 1 is 0.397 bits per heavy atom. The van der Waals surface area contributed by atoms with Crippen LogP contribution in [0, 0.1) is 0 Å². The van der Waals surface area contributed by atoms with Crippen molar-refractivity contribution in [2.24, 2.45) is 0 Å². The topological polar surface area (TPSA) is 51.8 Å². The molecule has 10 aromatic rings. The Morgan fingerprint density at radius 2 is 1.07 bits per heavy atom. The lowest BCUT2D eigenvalue weighted by Crippen LogP contribution is -1.97. The van der Waals surface area contributed by atoms with Crippen LogP contribution in [0.3, 0.4) is 0 Å². The molecule has 4 nitrogen and oxygen atoms in total. The van der Waals surface area contributed by atoms with Gasteiger partial charge in [-0.2, -0.15) is 0 Å². The van der Waals surface area contributed by atoms with Crippen molar-refractivity contribution in [2.75, 3.05) is 0 Å². The van der Waals surface area contributed by atoms with Crippen LogP contribution in [-0.2, 0) is 0 Å². The number of rotatable bonds is 4. The number of para-hydroxylation sites is 1. The zero-order valence-corrected chi connectivity index (χ0v) is 32.0. The van der Waals surface area contributed by atoms with Gasteiger partial charge in [-0.15, -0.1) is 0 Å². The highest BCUT2D eigenvalue weighted by molar-refractivity contribution is 7.99. The lowest BCUT2D eigenvalue weighted by Gasteiger charge is -2.16. The van der Waals surface area contributed by atoms with Gasteiger partial charge in [0, 0.05) is 49.6 Å². The van der Waals surface area contributed by atoms with Crippen molar-refractivity contribution in [2.45, 2.75) is 9.79 Å². The maximum Gasteiger partial charge on any atom is 0.160 e. The monoisotopic (exact) mass is 759 g/mol. The Kier molecular flexibility index (Phi) is 8.37. The largest absolute Gasteiger partial charge is 0.456 e. The van der Waals surface area contributed by atoms with Crippen molar-refractivity contribution in [3.8, 4) is 67.3 Å². The van der Waals surface area contributed by atoms with E-state index in [4.69, 9.17) is 14.4 Å². The molecule has 0 fully saturated rings. The third kappa shape index (κ3) is 6.19. The summed E-state index contributed by atoms with van der Waals surface area (Å²) in [5.41, 5.74) is 15.4. The predicted molar refractivity (Wildman–Crippen MR) is 239 cm³/mol. The van der Waals surface area contributed by atoms with Crippen LogP contribution in [0.2, 0.25) is 0 Å². The van der Waals surface area contributed by atoms with Crippen LogP contribution in [0.25, 0.3) is 101 Å². The fourth-order valence-corrected chi connectivity index (χ4v) is 9.06. The number of pyridine rings is 1. The van der Waals surface area contributed by atoms with E-state index in [-0.39, 0.29) is 0 Å². The van der Waals surface area contributed by atoms with Crippen LogP contribution >= 0.6 is 11.8 Å². The van der Waals surface area contributed by atoms with Crippen LogP contribution in [0.4, 0.5) is 0 Å². The summed E-state index contributed by atoms with van der Waals surface area (Å²) < 4.78 is 6.53. The minimum absolute atomic E-state index is 0.656. The molecule has 1 aliphatic rings. The molecule has 11 rings (SSSR count). The molecule has 0 amide bonds. The highest BCUT2D eigenvalue weighted by Gasteiger charge is 2.20. The summed E-state index contributed by atoms with van der Waals surface area (Å²) in [6.07, 6.45) is 8.16. The number of hydrogen-bond acceptors (Lipinski definition) is 5. The van der Waals surface area contributed by atoms with E-state index in [9.17, 15) is 0 Å². The number of nitrogens with zero attached hydrogens (tertiary/aromatic N) is 3. The van der Waals surface area contributed by atoms with Gasteiger partial charge in [0.25, 0.3) is 0 Å². The molecule has 1 aliphatic heterocycles. The molecular weight excluding hydrogens is 727 g/mol. The highest BCUT2D eigenvalue weighted by atomic mass is 32.2. The van der Waals surface area contributed by atoms with E-state index in [1.807, 2.05) is 30.5 Å². The maximum absolute atomic E-state index is 6.53. The summed E-state index contributed by atoms with van der Waals surface area (Å²) >= 11 is 1.80. The van der Waals surface area contributed by atoms with Crippen molar-refractivity contribution in [1.29, 1.82) is 0 Å². The Balaban J connectivity index is 1.13. The van der Waals surface area contributed by atoms with E-state index < -0.39 is 0 Å². The van der Waals surface area contributed by atoms with Gasteiger partial charge < -0.3 is 4.42 Å². The van der Waals surface area contributed by atoms with E-state index in [1.54, 1.807) is 18.0 Å². The van der Waals surface area contributed by atoms with E-state index in [0.29, 0.717) is 5.82 Å². The first-order chi connectivity index (χ1) is 28.7. The van der Waals surface area contributed by atoms with E-state index in [1.165, 1.54) is 16.0 Å². The smallest absolute Gasteiger partial charge is 0.160 e. The molecule has 0 atom stereocenters. The van der Waals surface area contributed by atoms with Crippen LogP contribution < -0.4 is 0 Å². The molecule has 7 aromatic carbocycles. The molecule has 0 unspecified atom stereocenters. The minimum Gasteiger partial charge on any atom is -0.456 e. The molecule has 0 bridgehead atoms. The van der Waals surface area contributed by atoms with Crippen molar-refractivity contribution in [1.82, 2.24) is 15.0 Å². The number of furan rings is 1. The summed E-state index contributed by atoms with van der Waals surface area (Å²) in [6, 6.07) is 61.8. The number of aromatic nitrogens is 3. The fraction of sp³-hybridized carbons (Fsp3) is 0. The third-order valence-corrected chi connectivity index (χ3v) is 12.0. The molecule has 0 N–H and O–H groups in total. The fourth-order valence-electron chi connectivity index (χ4n) is 7.93. The maximum atomic E-state index is 6.53. The van der Waals surface area contributed by atoms with E-state index in [0.717, 1.165) is 88.3 Å². The second-order valence-electron chi connectivity index (χ2n) is 14.4. The average Bonchev–Trinajstić information content (AvgIpc) is 3.65. The Hall–Kier alpha value is -7.34. The van der Waals surface area contributed by atoms with Crippen molar-refractivity contribution < 1.29 is 4.42 Å². The van der Waals surface area contributed by atoms with E-state index in [2.05, 4.69) is 169 Å². The van der Waals surface area contributed by atoms with Crippen LogP contribution in [0.1, 0.15) is 11.1 Å². The van der Waals surface area contributed by atoms with Crippen LogP contribution in [-0.4, -0.2) is 15.0 Å². The van der Waals surface area contributed by atoms with Gasteiger partial charge in [-0.25, -0.2) is 9.97 Å². The third-order valence-electron chi connectivity index (χ3n) is 10.9. The zero-order chi connectivity index (χ0) is 38.4. The Bertz CT molecular complexity index is 3190. The predicted octanol–water partition coefficient (Wildman–Crippen LogP) is 14.4. The van der Waals surface area contributed by atoms with Gasteiger partial charge >= 0.3 is 0 Å². The van der Waals surface area contributed by atoms with Crippen molar-refractivity contribution in [3.05, 3.63) is 199 Å². The van der Waals surface area contributed by atoms with Gasteiger partial charge in [0.05, 0.1) is 11.4 Å². The average molecular weight is 760 g/mol. The molecule has 3 aromatic heterocycles. The van der Waals surface area contributed by atoms with Gasteiger partial charge in [-0.05, 0) is 87.0 Å². The van der Waals surface area contributed by atoms with Gasteiger partial charge in [0.1, 0.15) is 11.2 Å². The molecule has 58 heavy (non-hydrogen) atoms. The first-order valence-corrected chi connectivity index (χ1v) is 20.1. The second kappa shape index (κ2) is 14.3. The SMILES string of the molecule is C1=C\c2ccc(-c3nc(-c4ccccc4)cc(-c4ccc(-c5cccnc5)cc4)n3)cc2-c2cc3oc4ccccc4c3cc2Sc2ccccc2-c2ccccc2/1. The number of hydrogen-bond donors (Lipinski definition) is 0. The molecule has 0 saturated carbocycles. The molecule has 272 valence electrons. The van der Waals surface area contributed by atoms with Crippen LogP contribution in [0.15, 0.2) is 203 Å². The first-order valence-electron chi connectivity index (χ1n) is 19.3. The molecular formula is C53H33N3OS. The van der Waals surface area contributed by atoms with Gasteiger partial charge in [-0.1, -0.05) is 157 Å². The normalized spacial score (nSPS) is 12.6. The summed E-state index contributed by atoms with van der Waals surface area (Å²) in [5.74, 6) is 0.656. The molecule has 0 spiro atoms. The molecule has 5 heteroatoms. The van der Waals surface area contributed by atoms with Crippen molar-refractivity contribution in [3.63, 3.8) is 0 Å². The quantitative estimate of drug-likeness (QED) is 0.179. The summed E-state index contributed by atoms with van der Waals surface area (Å²) in [7, 11) is 0. The van der Waals surface area contributed by atoms with E-state index >= 15 is 0 Å². The lowest BCUT2D eigenvalue weighted by atomic mass is 9.94. The minimum atomic E-state index is 0.656. The zero-order valence-electron chi connectivity index (χ0n) is 31.2. The molecule has 0 radical (unpaired) electrons. The lowest BCUT2D eigenvalue weighted by molar-refractivity contribution is 0.669. The van der Waals surface area contributed by atoms with Crippen molar-refractivity contribution >= 4 is 45.9 Å². The number of fused-ring (bicyclic) bond motifs is 9. The first kappa shape index (κ1) is 34.0.